The molecule has 170 valence electrons. The highest BCUT2D eigenvalue weighted by Gasteiger charge is 2.50. The monoisotopic (exact) mass is 429 g/mol. The van der Waals surface area contributed by atoms with Gasteiger partial charge in [-0.05, 0) is 83.1 Å². The molecule has 2 N–H and O–H groups in total. The van der Waals surface area contributed by atoms with Crippen LogP contribution in [0, 0.1) is 5.41 Å². The minimum absolute atomic E-state index is 0.135. The molecule has 3 aliphatic rings. The second-order valence-electron chi connectivity index (χ2n) is 9.78. The van der Waals surface area contributed by atoms with Gasteiger partial charge in [-0.25, -0.2) is 4.79 Å². The van der Waals surface area contributed by atoms with Crippen LogP contribution in [0.1, 0.15) is 58.8 Å². The molecule has 2 heterocycles. The number of aliphatic hydroxyl groups is 1. The van der Waals surface area contributed by atoms with E-state index in [2.05, 4.69) is 9.80 Å². The molecule has 1 aliphatic carbocycles. The molecule has 1 atom stereocenters. The van der Waals surface area contributed by atoms with Crippen LogP contribution in [-0.4, -0.2) is 64.9 Å². The molecule has 1 saturated carbocycles. The Morgan fingerprint density at radius 3 is 2.39 bits per heavy atom. The lowest BCUT2D eigenvalue weighted by atomic mass is 9.78. The van der Waals surface area contributed by atoms with E-state index in [1.54, 1.807) is 0 Å². The molecule has 31 heavy (non-hydrogen) atoms. The summed E-state index contributed by atoms with van der Waals surface area (Å²) < 4.78 is 0. The second-order valence-corrected chi connectivity index (χ2v) is 9.78. The molecule has 1 spiro atoms. The van der Waals surface area contributed by atoms with Crippen molar-refractivity contribution in [2.24, 2.45) is 5.41 Å². The lowest BCUT2D eigenvalue weighted by molar-refractivity contribution is -0.139. The van der Waals surface area contributed by atoms with E-state index in [9.17, 15) is 19.8 Å². The third-order valence-corrected chi connectivity index (χ3v) is 7.45. The van der Waals surface area contributed by atoms with Crippen molar-refractivity contribution >= 4 is 23.4 Å². The Labute approximate surface area is 184 Å². The number of anilines is 2. The number of piperidine rings is 1. The SMILES string of the molecule is CC(C)N(C(=O)O)c1ccc(N2CCCC3(CCN([C@H]4CC[C@H](O)CC4)C3=O)C2)cc1. The molecule has 2 aliphatic heterocycles. The minimum atomic E-state index is -0.952. The van der Waals surface area contributed by atoms with E-state index in [1.807, 2.05) is 38.1 Å². The Morgan fingerprint density at radius 2 is 1.77 bits per heavy atom. The lowest BCUT2D eigenvalue weighted by Gasteiger charge is -2.41. The lowest BCUT2D eigenvalue weighted by Crippen LogP contribution is -2.50. The average Bonchev–Trinajstić information content (AvgIpc) is 3.04. The number of hydrogen-bond acceptors (Lipinski definition) is 4. The minimum Gasteiger partial charge on any atom is -0.465 e. The predicted molar refractivity (Wildman–Crippen MR) is 121 cm³/mol. The van der Waals surface area contributed by atoms with Gasteiger partial charge in [-0.15, -0.1) is 0 Å². The summed E-state index contributed by atoms with van der Waals surface area (Å²) in [6, 6.07) is 7.83. The second kappa shape index (κ2) is 8.69. The summed E-state index contributed by atoms with van der Waals surface area (Å²) in [5, 5.41) is 19.3. The molecule has 2 amide bonds. The van der Waals surface area contributed by atoms with Crippen molar-refractivity contribution in [3.63, 3.8) is 0 Å². The zero-order valence-corrected chi connectivity index (χ0v) is 18.7. The highest BCUT2D eigenvalue weighted by molar-refractivity contribution is 5.87. The number of carbonyl (C=O) groups excluding carboxylic acids is 1. The van der Waals surface area contributed by atoms with E-state index in [0.29, 0.717) is 11.6 Å². The fourth-order valence-electron chi connectivity index (χ4n) is 5.75. The van der Waals surface area contributed by atoms with Gasteiger partial charge in [0.05, 0.1) is 11.5 Å². The van der Waals surface area contributed by atoms with Gasteiger partial charge in [-0.3, -0.25) is 9.69 Å². The van der Waals surface area contributed by atoms with Gasteiger partial charge in [0.2, 0.25) is 5.91 Å². The topological polar surface area (TPSA) is 84.3 Å². The molecular formula is C24H35N3O4. The van der Waals surface area contributed by atoms with Crippen molar-refractivity contribution in [1.82, 2.24) is 4.90 Å². The van der Waals surface area contributed by atoms with Crippen LogP contribution in [-0.2, 0) is 4.79 Å². The van der Waals surface area contributed by atoms with Crippen LogP contribution in [0.2, 0.25) is 0 Å². The van der Waals surface area contributed by atoms with E-state index >= 15 is 0 Å². The van der Waals surface area contributed by atoms with E-state index in [4.69, 9.17) is 0 Å². The van der Waals surface area contributed by atoms with Crippen LogP contribution in [0.5, 0.6) is 0 Å². The number of likely N-dealkylation sites (tertiary alicyclic amines) is 1. The molecule has 0 bridgehead atoms. The molecule has 7 nitrogen and oxygen atoms in total. The van der Waals surface area contributed by atoms with Gasteiger partial charge in [0, 0.05) is 43.1 Å². The maximum Gasteiger partial charge on any atom is 0.412 e. The maximum absolute atomic E-state index is 13.5. The number of nitrogens with zero attached hydrogens (tertiary/aromatic N) is 3. The number of aliphatic hydroxyl groups excluding tert-OH is 1. The fraction of sp³-hybridized carbons (Fsp3) is 0.667. The normalized spacial score (nSPS) is 29.1. The summed E-state index contributed by atoms with van der Waals surface area (Å²) in [6.07, 6.45) is 5.07. The molecule has 0 aromatic heterocycles. The van der Waals surface area contributed by atoms with Crippen LogP contribution in [0.3, 0.4) is 0 Å². The number of rotatable bonds is 4. The Bertz CT molecular complexity index is 804. The summed E-state index contributed by atoms with van der Waals surface area (Å²) in [7, 11) is 0. The number of carbonyl (C=O) groups is 2. The van der Waals surface area contributed by atoms with Gasteiger partial charge < -0.3 is 20.0 Å². The molecule has 1 unspecified atom stereocenters. The Balaban J connectivity index is 1.46. The van der Waals surface area contributed by atoms with Crippen LogP contribution >= 0.6 is 0 Å². The van der Waals surface area contributed by atoms with Crippen molar-refractivity contribution in [2.45, 2.75) is 77.0 Å². The van der Waals surface area contributed by atoms with Gasteiger partial charge in [-0.2, -0.15) is 0 Å². The molecule has 7 heteroatoms. The van der Waals surface area contributed by atoms with Gasteiger partial charge >= 0.3 is 6.09 Å². The van der Waals surface area contributed by atoms with Gasteiger partial charge in [0.25, 0.3) is 0 Å². The van der Waals surface area contributed by atoms with Crippen LogP contribution < -0.4 is 9.80 Å². The van der Waals surface area contributed by atoms with Crippen molar-refractivity contribution < 1.29 is 19.8 Å². The summed E-state index contributed by atoms with van der Waals surface area (Å²) >= 11 is 0. The molecule has 3 fully saturated rings. The van der Waals surface area contributed by atoms with Crippen LogP contribution in [0.15, 0.2) is 24.3 Å². The summed E-state index contributed by atoms with van der Waals surface area (Å²) in [4.78, 5) is 30.8. The van der Waals surface area contributed by atoms with Crippen molar-refractivity contribution in [3.05, 3.63) is 24.3 Å². The maximum atomic E-state index is 13.5. The van der Waals surface area contributed by atoms with Crippen LogP contribution in [0.4, 0.5) is 16.2 Å². The zero-order valence-electron chi connectivity index (χ0n) is 18.7. The number of hydrogen-bond donors (Lipinski definition) is 2. The molecule has 1 aromatic rings. The van der Waals surface area contributed by atoms with Crippen LogP contribution in [0.25, 0.3) is 0 Å². The standard InChI is InChI=1S/C24H35N3O4/c1-17(2)27(23(30)31)20-6-4-18(5-7-20)25-14-3-12-24(16-25)13-15-26(22(24)29)19-8-10-21(28)11-9-19/h4-7,17,19,21,28H,3,8-16H2,1-2H3,(H,30,31)/t19-,21-,24?. The van der Waals surface area contributed by atoms with Crippen molar-refractivity contribution in [2.75, 3.05) is 29.4 Å². The Hall–Kier alpha value is -2.28. The number of benzene rings is 1. The smallest absolute Gasteiger partial charge is 0.412 e. The largest absolute Gasteiger partial charge is 0.465 e. The van der Waals surface area contributed by atoms with E-state index in [-0.39, 0.29) is 23.6 Å². The molecule has 4 rings (SSSR count). The van der Waals surface area contributed by atoms with E-state index < -0.39 is 6.09 Å². The van der Waals surface area contributed by atoms with Gasteiger partial charge in [0.15, 0.2) is 0 Å². The summed E-state index contributed by atoms with van der Waals surface area (Å²) in [6.45, 7) is 6.19. The van der Waals surface area contributed by atoms with E-state index in [1.165, 1.54) is 4.90 Å². The molecule has 0 radical (unpaired) electrons. The zero-order chi connectivity index (χ0) is 22.2. The molecular weight excluding hydrogens is 394 g/mol. The first-order valence-corrected chi connectivity index (χ1v) is 11.7. The first kappa shape index (κ1) is 21.9. The first-order valence-electron chi connectivity index (χ1n) is 11.7. The quantitative estimate of drug-likeness (QED) is 0.762. The van der Waals surface area contributed by atoms with Crippen molar-refractivity contribution in [1.29, 1.82) is 0 Å². The third kappa shape index (κ3) is 4.25. The summed E-state index contributed by atoms with van der Waals surface area (Å²) in [5.74, 6) is 0.298. The van der Waals surface area contributed by atoms with Crippen molar-refractivity contribution in [3.8, 4) is 0 Å². The molecule has 2 saturated heterocycles. The number of amides is 2. The predicted octanol–water partition coefficient (Wildman–Crippen LogP) is 3.70. The van der Waals surface area contributed by atoms with E-state index in [0.717, 1.165) is 70.3 Å². The Kier molecular flexibility index (Phi) is 6.15. The van der Waals surface area contributed by atoms with Gasteiger partial charge in [-0.1, -0.05) is 0 Å². The Morgan fingerprint density at radius 1 is 1.10 bits per heavy atom. The number of carboxylic acid groups (broad SMARTS) is 1. The summed E-state index contributed by atoms with van der Waals surface area (Å²) in [5.41, 5.74) is 1.41. The fourth-order valence-corrected chi connectivity index (χ4v) is 5.75. The van der Waals surface area contributed by atoms with Gasteiger partial charge in [0.1, 0.15) is 0 Å². The highest BCUT2D eigenvalue weighted by Crippen LogP contribution is 2.43. The molecule has 1 aromatic carbocycles. The first-order chi connectivity index (χ1) is 14.8. The third-order valence-electron chi connectivity index (χ3n) is 7.45. The average molecular weight is 430 g/mol. The highest BCUT2D eigenvalue weighted by atomic mass is 16.4.